The van der Waals surface area contributed by atoms with Crippen LogP contribution in [0.15, 0.2) is 95.7 Å². The first kappa shape index (κ1) is 32.7. The zero-order valence-electron chi connectivity index (χ0n) is 25.7. The first-order chi connectivity index (χ1) is 22.2. The summed E-state index contributed by atoms with van der Waals surface area (Å²) in [5.74, 6) is -0.427. The molecular formula is C36H32Cl2N4O4. The summed E-state index contributed by atoms with van der Waals surface area (Å²) in [6.45, 7) is 6.26. The maximum Gasteiger partial charge on any atom is 0.271 e. The average molecular weight is 656 g/mol. The fourth-order valence-corrected chi connectivity index (χ4v) is 5.43. The fourth-order valence-electron chi connectivity index (χ4n) is 4.97. The number of aromatic nitrogens is 2. The molecule has 46 heavy (non-hydrogen) atoms. The van der Waals surface area contributed by atoms with Crippen LogP contribution in [0.5, 0.6) is 5.75 Å². The van der Waals surface area contributed by atoms with Crippen LogP contribution in [0.2, 0.25) is 10.0 Å². The van der Waals surface area contributed by atoms with Gasteiger partial charge in [-0.3, -0.25) is 14.5 Å². The highest BCUT2D eigenvalue weighted by molar-refractivity contribution is 6.35. The van der Waals surface area contributed by atoms with Crippen molar-refractivity contribution in [3.63, 3.8) is 0 Å². The van der Waals surface area contributed by atoms with Gasteiger partial charge in [0.25, 0.3) is 11.8 Å². The standard InChI is InChI=1S/C36H32Cl2N4O4/c1-23(2)45-17-7-16-41-35(43)31(24(3)32(20-39)36(41)44)18-27-21-42(29-8-5-4-6-9-29)40-34(27)25-11-14-30(15-12-25)46-22-26-10-13-28(37)19-33(26)38/h4-6,8-15,18-19,21,23H,7,16-17,22H2,1-3H3/b31-18+. The highest BCUT2D eigenvalue weighted by atomic mass is 35.5. The Kier molecular flexibility index (Phi) is 10.4. The number of nitrogens with zero attached hydrogens (tertiary/aromatic N) is 4. The lowest BCUT2D eigenvalue weighted by atomic mass is 9.93. The number of carbonyl (C=O) groups is 2. The summed E-state index contributed by atoms with van der Waals surface area (Å²) in [5, 5.41) is 15.8. The lowest BCUT2D eigenvalue weighted by Gasteiger charge is -2.27. The Bertz CT molecular complexity index is 1860. The number of ether oxygens (including phenoxy) is 2. The zero-order valence-corrected chi connectivity index (χ0v) is 27.2. The topological polar surface area (TPSA) is 97.5 Å². The van der Waals surface area contributed by atoms with E-state index in [1.165, 1.54) is 0 Å². The molecule has 2 heterocycles. The normalized spacial score (nSPS) is 14.4. The van der Waals surface area contributed by atoms with Crippen LogP contribution in [0.25, 0.3) is 23.0 Å². The Morgan fingerprint density at radius 2 is 1.74 bits per heavy atom. The Morgan fingerprint density at radius 3 is 2.41 bits per heavy atom. The van der Waals surface area contributed by atoms with Crippen LogP contribution in [0.1, 0.15) is 38.3 Å². The third-order valence-corrected chi connectivity index (χ3v) is 7.99. The number of hydrogen-bond donors (Lipinski definition) is 0. The number of rotatable bonds is 11. The molecule has 5 rings (SSSR count). The van der Waals surface area contributed by atoms with Gasteiger partial charge >= 0.3 is 0 Å². The summed E-state index contributed by atoms with van der Waals surface area (Å²) in [4.78, 5) is 28.0. The molecule has 0 atom stereocenters. The lowest BCUT2D eigenvalue weighted by Crippen LogP contribution is -2.43. The van der Waals surface area contributed by atoms with E-state index in [2.05, 4.69) is 0 Å². The van der Waals surface area contributed by atoms with Gasteiger partial charge < -0.3 is 9.47 Å². The third-order valence-electron chi connectivity index (χ3n) is 7.40. The van der Waals surface area contributed by atoms with Gasteiger partial charge in [-0.05, 0) is 87.4 Å². The molecule has 1 aromatic heterocycles. The van der Waals surface area contributed by atoms with E-state index in [-0.39, 0.29) is 30.4 Å². The maximum atomic E-state index is 13.7. The first-order valence-corrected chi connectivity index (χ1v) is 15.5. The van der Waals surface area contributed by atoms with Crippen molar-refractivity contribution >= 4 is 41.1 Å². The second-order valence-corrected chi connectivity index (χ2v) is 11.8. The highest BCUT2D eigenvalue weighted by Gasteiger charge is 2.35. The molecule has 0 bridgehead atoms. The summed E-state index contributed by atoms with van der Waals surface area (Å²) in [6.07, 6.45) is 4.01. The van der Waals surface area contributed by atoms with Gasteiger partial charge in [0.1, 0.15) is 24.0 Å². The van der Waals surface area contributed by atoms with Crippen molar-refractivity contribution in [2.75, 3.05) is 13.2 Å². The van der Waals surface area contributed by atoms with E-state index >= 15 is 0 Å². The summed E-state index contributed by atoms with van der Waals surface area (Å²) < 4.78 is 13.3. The molecule has 10 heteroatoms. The van der Waals surface area contributed by atoms with E-state index in [9.17, 15) is 14.9 Å². The van der Waals surface area contributed by atoms with Gasteiger partial charge in [-0.15, -0.1) is 0 Å². The minimum atomic E-state index is -0.595. The number of imide groups is 1. The minimum absolute atomic E-state index is 0.0298. The highest BCUT2D eigenvalue weighted by Crippen LogP contribution is 2.32. The number of nitriles is 1. The third kappa shape index (κ3) is 7.40. The second-order valence-electron chi connectivity index (χ2n) is 11.0. The molecule has 2 amide bonds. The molecule has 4 aromatic rings. The van der Waals surface area contributed by atoms with Crippen LogP contribution in [0.3, 0.4) is 0 Å². The smallest absolute Gasteiger partial charge is 0.271 e. The molecule has 234 valence electrons. The molecule has 0 N–H and O–H groups in total. The molecular weight excluding hydrogens is 623 g/mol. The van der Waals surface area contributed by atoms with Crippen molar-refractivity contribution in [1.82, 2.24) is 14.7 Å². The largest absolute Gasteiger partial charge is 0.489 e. The Morgan fingerprint density at radius 1 is 1.00 bits per heavy atom. The van der Waals surface area contributed by atoms with Crippen LogP contribution < -0.4 is 4.74 Å². The Labute approximate surface area is 278 Å². The summed E-state index contributed by atoms with van der Waals surface area (Å²) in [6, 6.07) is 24.3. The van der Waals surface area contributed by atoms with Gasteiger partial charge in [-0.25, -0.2) is 4.68 Å². The molecule has 8 nitrogen and oxygen atoms in total. The molecule has 0 saturated carbocycles. The van der Waals surface area contributed by atoms with Gasteiger partial charge in [-0.1, -0.05) is 47.5 Å². The van der Waals surface area contributed by atoms with E-state index in [4.69, 9.17) is 37.8 Å². The van der Waals surface area contributed by atoms with Gasteiger partial charge in [0.2, 0.25) is 0 Å². The van der Waals surface area contributed by atoms with Crippen molar-refractivity contribution in [1.29, 1.82) is 5.26 Å². The SMILES string of the molecule is CC1=C(C#N)C(=O)N(CCCOC(C)C)C(=O)/C1=C/c1cn(-c2ccccc2)nc1-c1ccc(OCc2ccc(Cl)cc2Cl)cc1. The van der Waals surface area contributed by atoms with Crippen molar-refractivity contribution in [3.8, 4) is 28.8 Å². The monoisotopic (exact) mass is 654 g/mol. The Balaban J connectivity index is 1.49. The van der Waals surface area contributed by atoms with Gasteiger partial charge in [0, 0.05) is 51.7 Å². The number of carbonyl (C=O) groups excluding carboxylic acids is 2. The second kappa shape index (κ2) is 14.6. The van der Waals surface area contributed by atoms with Crippen molar-refractivity contribution < 1.29 is 19.1 Å². The Hall–Kier alpha value is -4.68. The van der Waals surface area contributed by atoms with E-state index < -0.39 is 11.8 Å². The van der Waals surface area contributed by atoms with Crippen molar-refractivity contribution in [2.24, 2.45) is 0 Å². The molecule has 1 aliphatic rings. The quantitative estimate of drug-likeness (QED) is 0.0929. The van der Waals surface area contributed by atoms with Crippen molar-refractivity contribution in [3.05, 3.63) is 117 Å². The first-order valence-electron chi connectivity index (χ1n) is 14.8. The molecule has 0 spiro atoms. The zero-order chi connectivity index (χ0) is 32.8. The molecule has 0 fully saturated rings. The minimum Gasteiger partial charge on any atom is -0.489 e. The van der Waals surface area contributed by atoms with Crippen LogP contribution >= 0.6 is 23.2 Å². The van der Waals surface area contributed by atoms with Crippen molar-refractivity contribution in [2.45, 2.75) is 39.9 Å². The van der Waals surface area contributed by atoms with E-state index in [1.54, 1.807) is 29.8 Å². The summed E-state index contributed by atoms with van der Waals surface area (Å²) in [7, 11) is 0. The van der Waals surface area contributed by atoms with Gasteiger partial charge in [-0.2, -0.15) is 10.4 Å². The molecule has 0 radical (unpaired) electrons. The average Bonchev–Trinajstić information content (AvgIpc) is 3.47. The van der Waals surface area contributed by atoms with Crippen LogP contribution in [0, 0.1) is 11.3 Å². The fraction of sp³-hybridized carbons (Fsp3) is 0.222. The summed E-state index contributed by atoms with van der Waals surface area (Å²) in [5.41, 5.74) is 4.19. The molecule has 0 unspecified atom stereocenters. The van der Waals surface area contributed by atoms with Crippen LogP contribution in [-0.2, 0) is 20.9 Å². The van der Waals surface area contributed by atoms with E-state index in [1.807, 2.05) is 86.8 Å². The molecule has 1 aliphatic heterocycles. The summed E-state index contributed by atoms with van der Waals surface area (Å²) >= 11 is 12.3. The van der Waals surface area contributed by atoms with Gasteiger partial charge in [0.05, 0.1) is 17.5 Å². The van der Waals surface area contributed by atoms with E-state index in [0.29, 0.717) is 45.7 Å². The molecule has 3 aromatic carbocycles. The predicted molar refractivity (Wildman–Crippen MR) is 179 cm³/mol. The van der Waals surface area contributed by atoms with Gasteiger partial charge in [0.15, 0.2) is 0 Å². The number of amides is 2. The number of halogens is 2. The predicted octanol–water partition coefficient (Wildman–Crippen LogP) is 7.83. The lowest BCUT2D eigenvalue weighted by molar-refractivity contribution is -0.140. The van der Waals surface area contributed by atoms with E-state index in [0.717, 1.165) is 21.7 Å². The maximum absolute atomic E-state index is 13.7. The molecule has 0 saturated heterocycles. The number of para-hydroxylation sites is 1. The van der Waals surface area contributed by atoms with Crippen LogP contribution in [-0.4, -0.2) is 45.8 Å². The number of benzene rings is 3. The van der Waals surface area contributed by atoms with Crippen LogP contribution in [0.4, 0.5) is 0 Å². The molecule has 0 aliphatic carbocycles. The number of hydrogen-bond acceptors (Lipinski definition) is 6.